The van der Waals surface area contributed by atoms with E-state index in [9.17, 15) is 0 Å². The molecule has 0 atom stereocenters. The summed E-state index contributed by atoms with van der Waals surface area (Å²) in [6.07, 6.45) is 7.71. The van der Waals surface area contributed by atoms with Gasteiger partial charge in [-0.25, -0.2) is 0 Å². The predicted molar refractivity (Wildman–Crippen MR) is 53.2 cm³/mol. The zero-order valence-electron chi connectivity index (χ0n) is 7.10. The van der Waals surface area contributed by atoms with Crippen LogP contribution in [-0.2, 0) is 6.54 Å². The standard InChI is InChI=1S/C8H13N3.ClH/c1-2-11-7-8(6-10-11)4-3-5-9;/h3-4,6-7H,2,5,9H2,1H3;1H/b4-3+;. The highest BCUT2D eigenvalue weighted by Gasteiger charge is 1.89. The van der Waals surface area contributed by atoms with Crippen LogP contribution in [0.5, 0.6) is 0 Å². The molecule has 0 bridgehead atoms. The van der Waals surface area contributed by atoms with E-state index >= 15 is 0 Å². The molecule has 12 heavy (non-hydrogen) atoms. The zero-order chi connectivity index (χ0) is 8.10. The maximum Gasteiger partial charge on any atom is 0.0562 e. The number of rotatable bonds is 3. The molecule has 4 heteroatoms. The van der Waals surface area contributed by atoms with Crippen LogP contribution in [0.15, 0.2) is 18.5 Å². The molecule has 3 nitrogen and oxygen atoms in total. The first-order valence-electron chi connectivity index (χ1n) is 3.76. The van der Waals surface area contributed by atoms with E-state index in [1.165, 1.54) is 0 Å². The van der Waals surface area contributed by atoms with Gasteiger partial charge in [0.2, 0.25) is 0 Å². The Morgan fingerprint density at radius 3 is 2.92 bits per heavy atom. The highest BCUT2D eigenvalue weighted by atomic mass is 35.5. The fourth-order valence-electron chi connectivity index (χ4n) is 0.843. The van der Waals surface area contributed by atoms with Gasteiger partial charge in [-0.15, -0.1) is 12.4 Å². The van der Waals surface area contributed by atoms with Crippen LogP contribution in [0.25, 0.3) is 6.08 Å². The van der Waals surface area contributed by atoms with Gasteiger partial charge in [0.05, 0.1) is 6.20 Å². The molecule has 0 aromatic carbocycles. The van der Waals surface area contributed by atoms with Gasteiger partial charge in [0.15, 0.2) is 0 Å². The third-order valence-corrected chi connectivity index (χ3v) is 1.42. The van der Waals surface area contributed by atoms with Crippen molar-refractivity contribution in [1.29, 1.82) is 0 Å². The minimum Gasteiger partial charge on any atom is -0.327 e. The molecule has 0 unspecified atom stereocenters. The quantitative estimate of drug-likeness (QED) is 0.775. The van der Waals surface area contributed by atoms with Crippen molar-refractivity contribution in [3.63, 3.8) is 0 Å². The maximum absolute atomic E-state index is 5.30. The largest absolute Gasteiger partial charge is 0.327 e. The molecule has 0 spiro atoms. The van der Waals surface area contributed by atoms with E-state index in [0.717, 1.165) is 12.1 Å². The molecule has 1 heterocycles. The maximum atomic E-state index is 5.30. The van der Waals surface area contributed by atoms with Crippen molar-refractivity contribution in [3.8, 4) is 0 Å². The fraction of sp³-hybridized carbons (Fsp3) is 0.375. The minimum absolute atomic E-state index is 0. The Bertz CT molecular complexity index is 242. The minimum atomic E-state index is 0. The number of aryl methyl sites for hydroxylation is 1. The van der Waals surface area contributed by atoms with Crippen LogP contribution >= 0.6 is 12.4 Å². The fourth-order valence-corrected chi connectivity index (χ4v) is 0.843. The summed E-state index contributed by atoms with van der Waals surface area (Å²) in [6, 6.07) is 0. The van der Waals surface area contributed by atoms with Crippen LogP contribution in [0, 0.1) is 0 Å². The molecule has 0 saturated carbocycles. The molecule has 0 saturated heterocycles. The van der Waals surface area contributed by atoms with Crippen LogP contribution in [-0.4, -0.2) is 16.3 Å². The van der Waals surface area contributed by atoms with Gasteiger partial charge in [0.25, 0.3) is 0 Å². The molecule has 0 aliphatic carbocycles. The lowest BCUT2D eigenvalue weighted by Crippen LogP contribution is -1.92. The van der Waals surface area contributed by atoms with Gasteiger partial charge in [-0.05, 0) is 6.92 Å². The summed E-state index contributed by atoms with van der Waals surface area (Å²) >= 11 is 0. The third-order valence-electron chi connectivity index (χ3n) is 1.42. The van der Waals surface area contributed by atoms with E-state index in [-0.39, 0.29) is 12.4 Å². The number of halogens is 1. The van der Waals surface area contributed by atoms with E-state index in [1.54, 1.807) is 0 Å². The lowest BCUT2D eigenvalue weighted by atomic mass is 10.3. The number of hydrogen-bond donors (Lipinski definition) is 1. The molecule has 68 valence electrons. The summed E-state index contributed by atoms with van der Waals surface area (Å²) in [4.78, 5) is 0. The second-order valence-corrected chi connectivity index (χ2v) is 2.27. The average molecular weight is 188 g/mol. The molecule has 0 radical (unpaired) electrons. The zero-order valence-corrected chi connectivity index (χ0v) is 7.92. The summed E-state index contributed by atoms with van der Waals surface area (Å²) in [7, 11) is 0. The molecule has 0 aliphatic heterocycles. The normalized spacial score (nSPS) is 10.2. The highest BCUT2D eigenvalue weighted by molar-refractivity contribution is 5.85. The number of nitrogens with two attached hydrogens (primary N) is 1. The lowest BCUT2D eigenvalue weighted by Gasteiger charge is -1.89. The van der Waals surface area contributed by atoms with Gasteiger partial charge in [-0.3, -0.25) is 4.68 Å². The summed E-state index contributed by atoms with van der Waals surface area (Å²) in [5.74, 6) is 0. The Morgan fingerprint density at radius 2 is 2.42 bits per heavy atom. The average Bonchev–Trinajstić information content (AvgIpc) is 2.48. The van der Waals surface area contributed by atoms with Crippen LogP contribution in [0.3, 0.4) is 0 Å². The van der Waals surface area contributed by atoms with Gasteiger partial charge in [-0.1, -0.05) is 12.2 Å². The smallest absolute Gasteiger partial charge is 0.0562 e. The van der Waals surface area contributed by atoms with E-state index in [0.29, 0.717) is 6.54 Å². The Kier molecular flexibility index (Phi) is 5.41. The summed E-state index contributed by atoms with van der Waals surface area (Å²) in [6.45, 7) is 3.55. The Balaban J connectivity index is 0.00000121. The van der Waals surface area contributed by atoms with Crippen molar-refractivity contribution in [1.82, 2.24) is 9.78 Å². The second kappa shape index (κ2) is 5.80. The van der Waals surface area contributed by atoms with Gasteiger partial charge in [0.1, 0.15) is 0 Å². The van der Waals surface area contributed by atoms with Crippen LogP contribution in [0.4, 0.5) is 0 Å². The van der Waals surface area contributed by atoms with Crippen molar-refractivity contribution in [2.24, 2.45) is 5.73 Å². The first kappa shape index (κ1) is 11.2. The third kappa shape index (κ3) is 3.07. The van der Waals surface area contributed by atoms with Crippen molar-refractivity contribution in [2.75, 3.05) is 6.54 Å². The van der Waals surface area contributed by atoms with Crippen LogP contribution < -0.4 is 5.73 Å². The highest BCUT2D eigenvalue weighted by Crippen LogP contribution is 1.99. The van der Waals surface area contributed by atoms with Gasteiger partial charge in [0, 0.05) is 24.8 Å². The number of aromatic nitrogens is 2. The van der Waals surface area contributed by atoms with Gasteiger partial charge in [-0.2, -0.15) is 5.10 Å². The van der Waals surface area contributed by atoms with E-state index in [1.807, 2.05) is 29.2 Å². The molecule has 0 amide bonds. The molecule has 1 rings (SSSR count). The Morgan fingerprint density at radius 1 is 1.67 bits per heavy atom. The Labute approximate surface area is 78.7 Å². The number of nitrogens with zero attached hydrogens (tertiary/aromatic N) is 2. The van der Waals surface area contributed by atoms with Crippen LogP contribution in [0.1, 0.15) is 12.5 Å². The topological polar surface area (TPSA) is 43.8 Å². The van der Waals surface area contributed by atoms with E-state index in [2.05, 4.69) is 12.0 Å². The molecule has 1 aromatic heterocycles. The first-order chi connectivity index (χ1) is 5.36. The second-order valence-electron chi connectivity index (χ2n) is 2.27. The molecular formula is C8H14ClN3. The number of hydrogen-bond acceptors (Lipinski definition) is 2. The monoisotopic (exact) mass is 187 g/mol. The molecule has 0 aliphatic rings. The lowest BCUT2D eigenvalue weighted by molar-refractivity contribution is 0.660. The SMILES string of the molecule is CCn1cc(/C=C/CN)cn1.Cl. The Hall–Kier alpha value is -0.800. The molecule has 1 aromatic rings. The molecular weight excluding hydrogens is 174 g/mol. The summed E-state index contributed by atoms with van der Waals surface area (Å²) in [5.41, 5.74) is 6.41. The van der Waals surface area contributed by atoms with Gasteiger partial charge >= 0.3 is 0 Å². The van der Waals surface area contributed by atoms with Gasteiger partial charge < -0.3 is 5.73 Å². The molecule has 2 N–H and O–H groups in total. The van der Waals surface area contributed by atoms with Crippen LogP contribution in [0.2, 0.25) is 0 Å². The van der Waals surface area contributed by atoms with Crippen molar-refractivity contribution < 1.29 is 0 Å². The predicted octanol–water partition coefficient (Wildman–Crippen LogP) is 1.30. The van der Waals surface area contributed by atoms with E-state index < -0.39 is 0 Å². The van der Waals surface area contributed by atoms with Crippen molar-refractivity contribution in [3.05, 3.63) is 24.0 Å². The van der Waals surface area contributed by atoms with Crippen molar-refractivity contribution >= 4 is 18.5 Å². The first-order valence-corrected chi connectivity index (χ1v) is 3.76. The molecule has 0 fully saturated rings. The van der Waals surface area contributed by atoms with E-state index in [4.69, 9.17) is 5.73 Å². The summed E-state index contributed by atoms with van der Waals surface area (Å²) < 4.78 is 1.89. The van der Waals surface area contributed by atoms with Crippen molar-refractivity contribution in [2.45, 2.75) is 13.5 Å². The summed E-state index contributed by atoms with van der Waals surface area (Å²) in [5, 5.41) is 4.11.